The van der Waals surface area contributed by atoms with Gasteiger partial charge in [-0.3, -0.25) is 4.79 Å². The van der Waals surface area contributed by atoms with Gasteiger partial charge in [0.15, 0.2) is 0 Å². The molecule has 0 N–H and O–H groups in total. The quantitative estimate of drug-likeness (QED) is 0.770. The summed E-state index contributed by atoms with van der Waals surface area (Å²) < 4.78 is 23.8. The summed E-state index contributed by atoms with van der Waals surface area (Å²) in [6.45, 7) is 0. The molecule has 2 heterocycles. The summed E-state index contributed by atoms with van der Waals surface area (Å²) in [5.41, 5.74) is 0.997. The Balaban J connectivity index is 1.92. The minimum absolute atomic E-state index is 0.0544. The van der Waals surface area contributed by atoms with Crippen molar-refractivity contribution in [1.29, 1.82) is 0 Å². The number of hydrogen-bond acceptors (Lipinski definition) is 3. The van der Waals surface area contributed by atoms with Gasteiger partial charge >= 0.3 is 5.97 Å². The van der Waals surface area contributed by atoms with E-state index in [4.69, 9.17) is 9.47 Å². The van der Waals surface area contributed by atoms with Crippen LogP contribution in [0.15, 0.2) is 24.3 Å². The summed E-state index contributed by atoms with van der Waals surface area (Å²) in [6, 6.07) is 6.42. The Morgan fingerprint density at radius 2 is 2.05 bits per heavy atom. The van der Waals surface area contributed by atoms with E-state index in [1.807, 2.05) is 0 Å². The highest BCUT2D eigenvalue weighted by atomic mass is 19.1. The lowest BCUT2D eigenvalue weighted by Gasteiger charge is -2.35. The normalized spacial score (nSPS) is 33.2. The number of hydrogen-bond donors (Lipinski definition) is 0. The van der Waals surface area contributed by atoms with Crippen LogP contribution in [0.3, 0.4) is 0 Å². The van der Waals surface area contributed by atoms with Gasteiger partial charge in [-0.05, 0) is 37.0 Å². The van der Waals surface area contributed by atoms with Crippen molar-refractivity contribution in [3.63, 3.8) is 0 Å². The molecule has 102 valence electrons. The first-order valence-electron chi connectivity index (χ1n) is 6.68. The molecule has 1 aromatic rings. The molecular weight excluding hydrogens is 247 g/mol. The second kappa shape index (κ2) is 4.93. The highest BCUT2D eigenvalue weighted by Crippen LogP contribution is 2.45. The molecule has 19 heavy (non-hydrogen) atoms. The highest BCUT2D eigenvalue weighted by Gasteiger charge is 2.47. The smallest absolute Gasteiger partial charge is 0.311 e. The Morgan fingerprint density at radius 1 is 1.32 bits per heavy atom. The highest BCUT2D eigenvalue weighted by molar-refractivity contribution is 5.74. The molecule has 0 aromatic heterocycles. The fourth-order valence-corrected chi connectivity index (χ4v) is 3.37. The van der Waals surface area contributed by atoms with E-state index in [2.05, 4.69) is 0 Å². The van der Waals surface area contributed by atoms with E-state index in [1.165, 1.54) is 19.2 Å². The van der Waals surface area contributed by atoms with E-state index in [0.29, 0.717) is 0 Å². The number of fused-ring (bicyclic) bond motifs is 2. The molecule has 3 unspecified atom stereocenters. The van der Waals surface area contributed by atoms with Crippen LogP contribution in [0.4, 0.5) is 4.39 Å². The Kier molecular flexibility index (Phi) is 3.27. The van der Waals surface area contributed by atoms with Crippen molar-refractivity contribution in [2.45, 2.75) is 37.4 Å². The van der Waals surface area contributed by atoms with E-state index >= 15 is 0 Å². The molecule has 2 fully saturated rings. The van der Waals surface area contributed by atoms with Gasteiger partial charge in [0.2, 0.25) is 0 Å². The lowest BCUT2D eigenvalue weighted by Crippen LogP contribution is -2.39. The van der Waals surface area contributed by atoms with Gasteiger partial charge in [-0.2, -0.15) is 0 Å². The zero-order chi connectivity index (χ0) is 13.4. The van der Waals surface area contributed by atoms with Gasteiger partial charge in [0.1, 0.15) is 5.82 Å². The topological polar surface area (TPSA) is 35.5 Å². The predicted octanol–water partition coefficient (Wildman–Crippen LogP) is 2.65. The minimum Gasteiger partial charge on any atom is -0.469 e. The largest absolute Gasteiger partial charge is 0.469 e. The molecule has 3 nitrogen and oxygen atoms in total. The second-order valence-electron chi connectivity index (χ2n) is 5.32. The van der Waals surface area contributed by atoms with Gasteiger partial charge in [-0.1, -0.05) is 12.1 Å². The van der Waals surface area contributed by atoms with Crippen LogP contribution in [0, 0.1) is 11.7 Å². The van der Waals surface area contributed by atoms with Crippen molar-refractivity contribution in [2.24, 2.45) is 5.92 Å². The maximum atomic E-state index is 13.0. The molecule has 0 amide bonds. The van der Waals surface area contributed by atoms with Gasteiger partial charge in [-0.25, -0.2) is 4.39 Å². The molecule has 1 aromatic carbocycles. The predicted molar refractivity (Wildman–Crippen MR) is 67.2 cm³/mol. The van der Waals surface area contributed by atoms with Crippen LogP contribution in [0.5, 0.6) is 0 Å². The Hall–Kier alpha value is -1.42. The van der Waals surface area contributed by atoms with E-state index in [0.717, 1.165) is 24.8 Å². The van der Waals surface area contributed by atoms with Crippen molar-refractivity contribution in [2.75, 3.05) is 7.11 Å². The van der Waals surface area contributed by atoms with E-state index in [1.54, 1.807) is 12.1 Å². The standard InChI is InChI=1S/C15H17FO3/c1-18-15(17)14-12(8-11-6-7-13(14)19-11)9-2-4-10(16)5-3-9/h2-5,11-14H,6-8H2,1H3/t11?,12?,13-,14?/m1/s1. The molecule has 0 saturated carbocycles. The molecule has 0 spiro atoms. The van der Waals surface area contributed by atoms with Gasteiger partial charge in [0.25, 0.3) is 0 Å². The number of ether oxygens (including phenoxy) is 2. The molecule has 2 aliphatic rings. The van der Waals surface area contributed by atoms with Gasteiger partial charge in [-0.15, -0.1) is 0 Å². The third kappa shape index (κ3) is 2.25. The van der Waals surface area contributed by atoms with Crippen molar-refractivity contribution in [3.05, 3.63) is 35.6 Å². The summed E-state index contributed by atoms with van der Waals surface area (Å²) >= 11 is 0. The lowest BCUT2D eigenvalue weighted by atomic mass is 9.79. The summed E-state index contributed by atoms with van der Waals surface area (Å²) in [5.74, 6) is -0.679. The summed E-state index contributed by atoms with van der Waals surface area (Å²) in [7, 11) is 1.41. The Bertz CT molecular complexity index is 471. The molecular formula is C15H17FO3. The molecule has 4 atom stereocenters. The molecule has 0 radical (unpaired) electrons. The van der Waals surface area contributed by atoms with E-state index in [-0.39, 0.29) is 35.8 Å². The zero-order valence-corrected chi connectivity index (χ0v) is 10.8. The maximum Gasteiger partial charge on any atom is 0.311 e. The fraction of sp³-hybridized carbons (Fsp3) is 0.533. The van der Waals surface area contributed by atoms with Crippen LogP contribution < -0.4 is 0 Å². The number of rotatable bonds is 2. The second-order valence-corrected chi connectivity index (χ2v) is 5.32. The third-order valence-corrected chi connectivity index (χ3v) is 4.26. The monoisotopic (exact) mass is 264 g/mol. The summed E-state index contributed by atoms with van der Waals surface area (Å²) in [4.78, 5) is 12.0. The van der Waals surface area contributed by atoms with Crippen LogP contribution in [0.2, 0.25) is 0 Å². The van der Waals surface area contributed by atoms with Crippen LogP contribution in [0.1, 0.15) is 30.7 Å². The average Bonchev–Trinajstić information content (AvgIpc) is 2.80. The van der Waals surface area contributed by atoms with E-state index in [9.17, 15) is 9.18 Å². The first-order valence-corrected chi connectivity index (χ1v) is 6.68. The third-order valence-electron chi connectivity index (χ3n) is 4.26. The van der Waals surface area contributed by atoms with Crippen LogP contribution >= 0.6 is 0 Å². The molecule has 2 saturated heterocycles. The van der Waals surface area contributed by atoms with Crippen LogP contribution in [0.25, 0.3) is 0 Å². The molecule has 2 bridgehead atoms. The van der Waals surface area contributed by atoms with Gasteiger partial charge in [0, 0.05) is 5.92 Å². The van der Waals surface area contributed by atoms with Crippen molar-refractivity contribution >= 4 is 5.97 Å². The molecule has 4 heteroatoms. The number of esters is 1. The van der Waals surface area contributed by atoms with Crippen molar-refractivity contribution in [1.82, 2.24) is 0 Å². The summed E-state index contributed by atoms with van der Waals surface area (Å²) in [6.07, 6.45) is 2.88. The lowest BCUT2D eigenvalue weighted by molar-refractivity contribution is -0.156. The van der Waals surface area contributed by atoms with E-state index < -0.39 is 0 Å². The Labute approximate surface area is 111 Å². The van der Waals surface area contributed by atoms with Crippen molar-refractivity contribution < 1.29 is 18.7 Å². The number of carbonyl (C=O) groups is 1. The summed E-state index contributed by atoms with van der Waals surface area (Å²) in [5, 5.41) is 0. The van der Waals surface area contributed by atoms with Gasteiger partial charge < -0.3 is 9.47 Å². The minimum atomic E-state index is -0.269. The molecule has 3 rings (SSSR count). The SMILES string of the molecule is COC(=O)C1C(c2ccc(F)cc2)CC2CC[C@H]1O2. The maximum absolute atomic E-state index is 13.0. The molecule has 0 aliphatic carbocycles. The number of methoxy groups -OCH3 is 1. The van der Waals surface area contributed by atoms with Gasteiger partial charge in [0.05, 0.1) is 25.2 Å². The van der Waals surface area contributed by atoms with Crippen molar-refractivity contribution in [3.8, 4) is 0 Å². The fourth-order valence-electron chi connectivity index (χ4n) is 3.37. The number of benzene rings is 1. The zero-order valence-electron chi connectivity index (χ0n) is 10.8. The number of carbonyl (C=O) groups excluding carboxylic acids is 1. The average molecular weight is 264 g/mol. The Morgan fingerprint density at radius 3 is 2.74 bits per heavy atom. The first kappa shape index (κ1) is 12.6. The van der Waals surface area contributed by atoms with Crippen LogP contribution in [-0.4, -0.2) is 25.3 Å². The first-order chi connectivity index (χ1) is 9.19. The number of halogens is 1. The molecule has 2 aliphatic heterocycles. The van der Waals surface area contributed by atoms with Crippen LogP contribution in [-0.2, 0) is 14.3 Å².